The molecule has 1 aromatic heterocycles. The molecule has 2 atom stereocenters. The summed E-state index contributed by atoms with van der Waals surface area (Å²) in [5, 5.41) is 1.02. The standard InChI is InChI=1S/C28H37ClFN7O4/c29-28-31-25(24(30)26(32-28)36-11-10-35-12-13-40-18-23(35)16-36)33-34-27(39)22(14-20-6-4-5-7-20)15-37(19-38)41-17-21-8-2-1-3-9-21/h1-3,8-9,19-20,22-23H,4-7,10-18H2,(H,34,39)(H,31,32,33)/t22-,23+/m0/s1. The molecule has 2 aromatic rings. The Morgan fingerprint density at radius 1 is 1.22 bits per heavy atom. The summed E-state index contributed by atoms with van der Waals surface area (Å²) >= 11 is 6.18. The maximum absolute atomic E-state index is 15.6. The van der Waals surface area contributed by atoms with Crippen LogP contribution in [0.15, 0.2) is 30.3 Å². The van der Waals surface area contributed by atoms with Crippen molar-refractivity contribution in [2.24, 2.45) is 11.8 Å². The molecule has 3 heterocycles. The van der Waals surface area contributed by atoms with Crippen molar-refractivity contribution in [1.82, 2.24) is 25.4 Å². The molecule has 0 radical (unpaired) electrons. The number of hydroxylamine groups is 2. The van der Waals surface area contributed by atoms with E-state index in [4.69, 9.17) is 21.2 Å². The monoisotopic (exact) mass is 589 g/mol. The van der Waals surface area contributed by atoms with E-state index in [1.165, 1.54) is 0 Å². The van der Waals surface area contributed by atoms with Crippen LogP contribution in [-0.2, 0) is 25.8 Å². The van der Waals surface area contributed by atoms with Crippen LogP contribution in [0.3, 0.4) is 0 Å². The second kappa shape index (κ2) is 14.2. The number of piperazine rings is 1. The number of anilines is 2. The number of rotatable bonds is 12. The molecule has 2 N–H and O–H groups in total. The van der Waals surface area contributed by atoms with Crippen LogP contribution in [0, 0.1) is 17.7 Å². The molecular weight excluding hydrogens is 553 g/mol. The lowest BCUT2D eigenvalue weighted by atomic mass is 9.92. The van der Waals surface area contributed by atoms with Gasteiger partial charge in [-0.25, -0.2) is 5.06 Å². The van der Waals surface area contributed by atoms with Gasteiger partial charge >= 0.3 is 0 Å². The van der Waals surface area contributed by atoms with Gasteiger partial charge in [-0.1, -0.05) is 56.0 Å². The molecule has 0 spiro atoms. The third-order valence-electron chi connectivity index (χ3n) is 8.07. The summed E-state index contributed by atoms with van der Waals surface area (Å²) in [4.78, 5) is 43.2. The molecule has 11 nitrogen and oxygen atoms in total. The van der Waals surface area contributed by atoms with Crippen LogP contribution in [0.5, 0.6) is 0 Å². The van der Waals surface area contributed by atoms with E-state index in [1.54, 1.807) is 0 Å². The highest BCUT2D eigenvalue weighted by Gasteiger charge is 2.33. The Morgan fingerprint density at radius 3 is 2.80 bits per heavy atom. The molecule has 3 aliphatic rings. The van der Waals surface area contributed by atoms with E-state index in [0.717, 1.165) is 49.4 Å². The smallest absolute Gasteiger partial charge is 0.243 e. The van der Waals surface area contributed by atoms with E-state index >= 15 is 4.39 Å². The molecule has 1 aliphatic carbocycles. The lowest BCUT2D eigenvalue weighted by Gasteiger charge is -2.44. The minimum Gasteiger partial charge on any atom is -0.378 e. The Kier molecular flexibility index (Phi) is 10.2. The molecule has 3 fully saturated rings. The van der Waals surface area contributed by atoms with Crippen molar-refractivity contribution in [1.29, 1.82) is 0 Å². The Hall–Kier alpha value is -3.06. The fourth-order valence-corrected chi connectivity index (χ4v) is 6.02. The van der Waals surface area contributed by atoms with Crippen molar-refractivity contribution in [3.8, 4) is 0 Å². The van der Waals surface area contributed by atoms with E-state index < -0.39 is 17.6 Å². The van der Waals surface area contributed by atoms with Crippen molar-refractivity contribution in [3.05, 3.63) is 47.0 Å². The summed E-state index contributed by atoms with van der Waals surface area (Å²) in [7, 11) is 0. The van der Waals surface area contributed by atoms with Crippen LogP contribution in [-0.4, -0.2) is 84.2 Å². The summed E-state index contributed by atoms with van der Waals surface area (Å²) in [6.45, 7) is 4.28. The Morgan fingerprint density at radius 2 is 2.02 bits per heavy atom. The summed E-state index contributed by atoms with van der Waals surface area (Å²) in [5.41, 5.74) is 6.13. The van der Waals surface area contributed by atoms with Gasteiger partial charge in [0.05, 0.1) is 31.7 Å². The fourth-order valence-electron chi connectivity index (χ4n) is 5.85. The fraction of sp³-hybridized carbons (Fsp3) is 0.571. The van der Waals surface area contributed by atoms with Gasteiger partial charge in [-0.15, -0.1) is 0 Å². The predicted molar refractivity (Wildman–Crippen MR) is 151 cm³/mol. The second-order valence-electron chi connectivity index (χ2n) is 10.9. The number of carbonyl (C=O) groups is 2. The molecule has 1 aromatic carbocycles. The zero-order valence-electron chi connectivity index (χ0n) is 23.0. The number of morpholine rings is 1. The number of benzene rings is 1. The number of hydrazine groups is 1. The van der Waals surface area contributed by atoms with E-state index in [0.29, 0.717) is 45.1 Å². The van der Waals surface area contributed by atoms with Crippen molar-refractivity contribution in [3.63, 3.8) is 0 Å². The van der Waals surface area contributed by atoms with Crippen molar-refractivity contribution in [2.45, 2.75) is 44.8 Å². The van der Waals surface area contributed by atoms with Crippen molar-refractivity contribution < 1.29 is 23.6 Å². The SMILES string of the molecule is O=CN(C[C@H](CC1CCCC1)C(=O)NNc1nc(Cl)nc(N2CCN3CCOC[C@H]3C2)c1F)OCc1ccccc1. The number of nitrogens with zero attached hydrogens (tertiary/aromatic N) is 5. The highest BCUT2D eigenvalue weighted by molar-refractivity contribution is 6.28. The van der Waals surface area contributed by atoms with E-state index in [9.17, 15) is 9.59 Å². The normalized spacial score (nSPS) is 20.3. The van der Waals surface area contributed by atoms with Gasteiger partial charge in [0, 0.05) is 26.2 Å². The summed E-state index contributed by atoms with van der Waals surface area (Å²) < 4.78 is 21.2. The number of hydrogen-bond acceptors (Lipinski definition) is 9. The topological polar surface area (TPSA) is 112 Å². The van der Waals surface area contributed by atoms with Crippen molar-refractivity contribution >= 4 is 35.6 Å². The number of ether oxygens (including phenoxy) is 1. The highest BCUT2D eigenvalue weighted by Crippen LogP contribution is 2.31. The number of nitrogens with one attached hydrogen (secondary N) is 2. The Balaban J connectivity index is 1.24. The average Bonchev–Trinajstić information content (AvgIpc) is 3.52. The molecule has 0 bridgehead atoms. The predicted octanol–water partition coefficient (Wildman–Crippen LogP) is 3.02. The number of fused-ring (bicyclic) bond motifs is 1. The van der Waals surface area contributed by atoms with Crippen LogP contribution in [0.25, 0.3) is 0 Å². The molecule has 222 valence electrons. The van der Waals surface area contributed by atoms with Crippen LogP contribution in [0.2, 0.25) is 5.28 Å². The van der Waals surface area contributed by atoms with Gasteiger partial charge in [0.2, 0.25) is 23.4 Å². The number of hydrogen-bond donors (Lipinski definition) is 2. The molecule has 41 heavy (non-hydrogen) atoms. The first-order valence-corrected chi connectivity index (χ1v) is 14.6. The molecule has 2 amide bonds. The van der Waals surface area contributed by atoms with Gasteiger partial charge in [-0.2, -0.15) is 14.4 Å². The van der Waals surface area contributed by atoms with Crippen LogP contribution in [0.4, 0.5) is 16.0 Å². The highest BCUT2D eigenvalue weighted by atomic mass is 35.5. The molecule has 2 saturated heterocycles. The van der Waals surface area contributed by atoms with Crippen molar-refractivity contribution in [2.75, 3.05) is 56.3 Å². The summed E-state index contributed by atoms with van der Waals surface area (Å²) in [6, 6.07) is 9.61. The Bertz CT molecular complexity index is 1170. The van der Waals surface area contributed by atoms with Crippen LogP contribution >= 0.6 is 11.6 Å². The first kappa shape index (κ1) is 29.4. The first-order valence-electron chi connectivity index (χ1n) is 14.2. The van der Waals surface area contributed by atoms with Gasteiger partial charge < -0.3 is 9.64 Å². The van der Waals surface area contributed by atoms with E-state index in [2.05, 4.69) is 25.7 Å². The van der Waals surface area contributed by atoms with Crippen LogP contribution in [0.1, 0.15) is 37.7 Å². The molecular formula is C28H37ClFN7O4. The molecule has 2 aliphatic heterocycles. The first-order chi connectivity index (χ1) is 20.0. The number of aromatic nitrogens is 2. The number of halogens is 2. The molecule has 5 rings (SSSR count). The van der Waals surface area contributed by atoms with Gasteiger partial charge in [-0.3, -0.25) is 30.2 Å². The number of carbonyl (C=O) groups excluding carboxylic acids is 2. The van der Waals surface area contributed by atoms with Gasteiger partial charge in [0.25, 0.3) is 0 Å². The maximum Gasteiger partial charge on any atom is 0.243 e. The summed E-state index contributed by atoms with van der Waals surface area (Å²) in [5.74, 6) is -1.44. The molecule has 0 unspecified atom stereocenters. The van der Waals surface area contributed by atoms with E-state index in [-0.39, 0.29) is 36.1 Å². The zero-order chi connectivity index (χ0) is 28.6. The lowest BCUT2D eigenvalue weighted by molar-refractivity contribution is -0.182. The third kappa shape index (κ3) is 7.82. The van der Waals surface area contributed by atoms with Crippen LogP contribution < -0.4 is 15.8 Å². The Labute approximate surface area is 244 Å². The number of amides is 2. The van der Waals surface area contributed by atoms with Gasteiger partial charge in [-0.05, 0) is 29.5 Å². The maximum atomic E-state index is 15.6. The van der Waals surface area contributed by atoms with Gasteiger partial charge in [0.1, 0.15) is 6.61 Å². The lowest BCUT2D eigenvalue weighted by Crippen LogP contribution is -2.58. The minimum absolute atomic E-state index is 0.0619. The molecule has 1 saturated carbocycles. The minimum atomic E-state index is -0.701. The average molecular weight is 590 g/mol. The van der Waals surface area contributed by atoms with E-state index in [1.807, 2.05) is 35.2 Å². The second-order valence-corrected chi connectivity index (χ2v) is 11.2. The quantitative estimate of drug-likeness (QED) is 0.219. The third-order valence-corrected chi connectivity index (χ3v) is 8.24. The van der Waals surface area contributed by atoms with Gasteiger partial charge in [0.15, 0.2) is 11.6 Å². The zero-order valence-corrected chi connectivity index (χ0v) is 23.8. The molecule has 13 heteroatoms. The largest absolute Gasteiger partial charge is 0.378 e. The summed E-state index contributed by atoms with van der Waals surface area (Å²) in [6.07, 6.45) is 5.46.